The summed E-state index contributed by atoms with van der Waals surface area (Å²) in [5.41, 5.74) is 0.365. The van der Waals surface area contributed by atoms with Gasteiger partial charge >= 0.3 is 5.97 Å². The molecule has 0 aromatic heterocycles. The van der Waals surface area contributed by atoms with Crippen molar-refractivity contribution in [2.75, 3.05) is 13.7 Å². The van der Waals surface area contributed by atoms with E-state index in [9.17, 15) is 22.4 Å². The number of fused-ring (bicyclic) bond motifs is 1. The molecule has 0 bridgehead atoms. The minimum Gasteiger partial charge on any atom is -0.494 e. The van der Waals surface area contributed by atoms with Gasteiger partial charge in [0.1, 0.15) is 11.9 Å². The SMILES string of the molecule is COc1ccc(C(=O)COC(=O)[C@H](C)N=C2NS(=O)(=O)c3ccccc32)cc1F. The molecule has 0 saturated heterocycles. The predicted molar refractivity (Wildman–Crippen MR) is 101 cm³/mol. The first kappa shape index (κ1) is 20.5. The molecule has 2 aromatic rings. The van der Waals surface area contributed by atoms with E-state index in [4.69, 9.17) is 9.47 Å². The summed E-state index contributed by atoms with van der Waals surface area (Å²) in [5.74, 6) is -2.14. The third-order valence-electron chi connectivity index (χ3n) is 4.15. The number of methoxy groups -OCH3 is 1. The van der Waals surface area contributed by atoms with Gasteiger partial charge in [-0.3, -0.25) is 14.5 Å². The number of sulfonamides is 1. The molecule has 0 radical (unpaired) electrons. The summed E-state index contributed by atoms with van der Waals surface area (Å²) in [6, 6.07) is 8.77. The number of hydrogen-bond donors (Lipinski definition) is 1. The van der Waals surface area contributed by atoms with Gasteiger partial charge in [0, 0.05) is 11.1 Å². The molecule has 10 heteroatoms. The summed E-state index contributed by atoms with van der Waals surface area (Å²) in [6.07, 6.45) is 0. The number of hydrogen-bond acceptors (Lipinski definition) is 7. The number of ether oxygens (including phenoxy) is 2. The highest BCUT2D eigenvalue weighted by Gasteiger charge is 2.31. The van der Waals surface area contributed by atoms with Crippen molar-refractivity contribution in [3.63, 3.8) is 0 Å². The number of carbonyl (C=O) groups is 2. The molecule has 0 spiro atoms. The summed E-state index contributed by atoms with van der Waals surface area (Å²) in [7, 11) is -2.43. The molecule has 8 nitrogen and oxygen atoms in total. The second-order valence-electron chi connectivity index (χ2n) is 6.14. The summed E-state index contributed by atoms with van der Waals surface area (Å²) >= 11 is 0. The van der Waals surface area contributed by atoms with E-state index in [0.29, 0.717) is 5.56 Å². The van der Waals surface area contributed by atoms with Crippen LogP contribution >= 0.6 is 0 Å². The third kappa shape index (κ3) is 4.27. The van der Waals surface area contributed by atoms with Gasteiger partial charge in [0.05, 0.1) is 12.0 Å². The van der Waals surface area contributed by atoms with E-state index >= 15 is 0 Å². The standard InChI is InChI=1S/C19H17FN2O6S/c1-11(21-18-13-5-3-4-6-17(13)29(25,26)22-18)19(24)28-10-15(23)12-7-8-16(27-2)14(20)9-12/h3-9,11H,10H2,1-2H3,(H,21,22)/t11-/m0/s1. The Morgan fingerprint density at radius 2 is 1.93 bits per heavy atom. The Balaban J connectivity index is 1.67. The molecule has 0 fully saturated rings. The molecule has 3 rings (SSSR count). The smallest absolute Gasteiger partial charge is 0.331 e. The Kier molecular flexibility index (Phi) is 5.64. The minimum absolute atomic E-state index is 0.0118. The molecule has 1 heterocycles. The first-order chi connectivity index (χ1) is 13.7. The van der Waals surface area contributed by atoms with E-state index in [-0.39, 0.29) is 22.0 Å². The zero-order chi connectivity index (χ0) is 21.2. The number of Topliss-reactive ketones (excluding diaryl/α,β-unsaturated/α-hetero) is 1. The molecule has 29 heavy (non-hydrogen) atoms. The molecule has 1 aliphatic rings. The number of carbonyl (C=O) groups excluding carboxylic acids is 2. The van der Waals surface area contributed by atoms with Crippen molar-refractivity contribution in [1.29, 1.82) is 0 Å². The molecule has 1 atom stereocenters. The average Bonchev–Trinajstić information content (AvgIpc) is 2.96. The Bertz CT molecular complexity index is 1110. The van der Waals surface area contributed by atoms with Crippen LogP contribution in [0.1, 0.15) is 22.8 Å². The predicted octanol–water partition coefficient (Wildman–Crippen LogP) is 1.69. The summed E-state index contributed by atoms with van der Waals surface area (Å²) in [5, 5.41) is 0. The maximum Gasteiger partial charge on any atom is 0.331 e. The zero-order valence-corrected chi connectivity index (χ0v) is 16.3. The first-order valence-electron chi connectivity index (χ1n) is 8.46. The van der Waals surface area contributed by atoms with Crippen molar-refractivity contribution in [2.24, 2.45) is 4.99 Å². The first-order valence-corrected chi connectivity index (χ1v) is 9.94. The molecule has 0 aliphatic carbocycles. The fourth-order valence-electron chi connectivity index (χ4n) is 2.66. The highest BCUT2D eigenvalue weighted by Crippen LogP contribution is 2.22. The molecular weight excluding hydrogens is 403 g/mol. The lowest BCUT2D eigenvalue weighted by Crippen LogP contribution is -2.27. The maximum absolute atomic E-state index is 13.7. The lowest BCUT2D eigenvalue weighted by molar-refractivity contribution is -0.143. The fraction of sp³-hybridized carbons (Fsp3) is 0.211. The number of nitrogens with one attached hydrogen (secondary N) is 1. The normalized spacial score (nSPS) is 16.6. The number of aliphatic imine (C=N–C) groups is 1. The Morgan fingerprint density at radius 3 is 2.62 bits per heavy atom. The number of esters is 1. The lowest BCUT2D eigenvalue weighted by atomic mass is 10.1. The number of amidine groups is 1. The highest BCUT2D eigenvalue weighted by molar-refractivity contribution is 7.90. The van der Waals surface area contributed by atoms with Crippen molar-refractivity contribution in [3.8, 4) is 5.75 Å². The Hall–Kier alpha value is -3.27. The summed E-state index contributed by atoms with van der Waals surface area (Å²) in [6.45, 7) is 0.796. The van der Waals surface area contributed by atoms with E-state index in [0.717, 1.165) is 6.07 Å². The second kappa shape index (κ2) is 8.00. The Labute approximate surface area is 166 Å². The van der Waals surface area contributed by atoms with Crippen molar-refractivity contribution >= 4 is 27.6 Å². The van der Waals surface area contributed by atoms with Crippen LogP contribution in [-0.2, 0) is 19.6 Å². The fourth-order valence-corrected chi connectivity index (χ4v) is 3.90. The van der Waals surface area contributed by atoms with Gasteiger partial charge in [0.2, 0.25) is 0 Å². The highest BCUT2D eigenvalue weighted by atomic mass is 32.2. The largest absolute Gasteiger partial charge is 0.494 e. The second-order valence-corrected chi connectivity index (χ2v) is 7.79. The van der Waals surface area contributed by atoms with Crippen LogP contribution in [0.25, 0.3) is 0 Å². The molecule has 1 aliphatic heterocycles. The molecule has 152 valence electrons. The van der Waals surface area contributed by atoms with Crippen molar-refractivity contribution < 1.29 is 31.9 Å². The average molecular weight is 420 g/mol. The van der Waals surface area contributed by atoms with Gasteiger partial charge in [-0.2, -0.15) is 0 Å². The minimum atomic E-state index is -3.73. The van der Waals surface area contributed by atoms with E-state index < -0.39 is 40.2 Å². The number of benzene rings is 2. The number of halogens is 1. The van der Waals surface area contributed by atoms with Gasteiger partial charge in [-0.05, 0) is 37.3 Å². The molecule has 2 aromatic carbocycles. The summed E-state index contributed by atoms with van der Waals surface area (Å²) < 4.78 is 49.8. The van der Waals surface area contributed by atoms with Crippen molar-refractivity contribution in [2.45, 2.75) is 17.9 Å². The molecule has 0 unspecified atom stereocenters. The quantitative estimate of drug-likeness (QED) is 0.562. The summed E-state index contributed by atoms with van der Waals surface area (Å²) in [4.78, 5) is 28.4. The van der Waals surface area contributed by atoms with Gasteiger partial charge in [-0.15, -0.1) is 0 Å². The Morgan fingerprint density at radius 1 is 1.21 bits per heavy atom. The number of rotatable bonds is 6. The molecular formula is C19H17FN2O6S. The molecule has 1 N–H and O–H groups in total. The van der Waals surface area contributed by atoms with Crippen LogP contribution in [0.3, 0.4) is 0 Å². The van der Waals surface area contributed by atoms with E-state index in [1.54, 1.807) is 18.2 Å². The van der Waals surface area contributed by atoms with Crippen LogP contribution in [0.15, 0.2) is 52.4 Å². The van der Waals surface area contributed by atoms with Gasteiger partial charge in [-0.25, -0.2) is 17.6 Å². The third-order valence-corrected chi connectivity index (χ3v) is 5.54. The van der Waals surface area contributed by atoms with E-state index in [2.05, 4.69) is 9.71 Å². The van der Waals surface area contributed by atoms with Gasteiger partial charge in [0.25, 0.3) is 10.0 Å². The van der Waals surface area contributed by atoms with Crippen LogP contribution in [0.4, 0.5) is 4.39 Å². The van der Waals surface area contributed by atoms with Gasteiger partial charge in [0.15, 0.2) is 24.0 Å². The van der Waals surface area contributed by atoms with Gasteiger partial charge in [-0.1, -0.05) is 12.1 Å². The van der Waals surface area contributed by atoms with Gasteiger partial charge < -0.3 is 9.47 Å². The number of ketones is 1. The van der Waals surface area contributed by atoms with Crippen molar-refractivity contribution in [1.82, 2.24) is 4.72 Å². The monoisotopic (exact) mass is 420 g/mol. The van der Waals surface area contributed by atoms with E-state index in [1.165, 1.54) is 32.2 Å². The zero-order valence-electron chi connectivity index (χ0n) is 15.5. The van der Waals surface area contributed by atoms with Crippen LogP contribution in [0.2, 0.25) is 0 Å². The molecule has 0 saturated carbocycles. The molecule has 0 amide bonds. The lowest BCUT2D eigenvalue weighted by Gasteiger charge is -2.09. The van der Waals surface area contributed by atoms with Crippen LogP contribution in [0, 0.1) is 5.82 Å². The van der Waals surface area contributed by atoms with Crippen molar-refractivity contribution in [3.05, 3.63) is 59.4 Å². The maximum atomic E-state index is 13.7. The van der Waals surface area contributed by atoms with Crippen LogP contribution < -0.4 is 9.46 Å². The van der Waals surface area contributed by atoms with E-state index in [1.807, 2.05) is 0 Å². The van der Waals surface area contributed by atoms with Crippen LogP contribution in [0.5, 0.6) is 5.75 Å². The number of nitrogens with zero attached hydrogens (tertiary/aromatic N) is 1. The van der Waals surface area contributed by atoms with Crippen LogP contribution in [-0.4, -0.2) is 45.8 Å². The topological polar surface area (TPSA) is 111 Å².